The van der Waals surface area contributed by atoms with Gasteiger partial charge >= 0.3 is 0 Å². The Morgan fingerprint density at radius 3 is 1.83 bits per heavy atom. The van der Waals surface area contributed by atoms with Crippen molar-refractivity contribution < 1.29 is 38.1 Å². The second-order valence-electron chi connectivity index (χ2n) is 12.2. The summed E-state index contributed by atoms with van der Waals surface area (Å²) in [4.78, 5) is 48.0. The molecule has 11 nitrogen and oxygen atoms in total. The molecule has 8 rings (SSSR count). The predicted octanol–water partition coefficient (Wildman–Crippen LogP) is 6.26. The molecule has 3 aromatic heterocycles. The normalized spacial score (nSPS) is 12.5. The second-order valence-corrected chi connectivity index (χ2v) is 12.2. The number of methoxy groups -OCH3 is 2. The molecule has 0 atom stereocenters. The molecule has 0 unspecified atom stereocenters. The van der Waals surface area contributed by atoms with E-state index in [2.05, 4.69) is 9.97 Å². The maximum absolute atomic E-state index is 13.1. The number of fused-ring (bicyclic) bond motifs is 4. The molecular formula is C40H30F2N4O7. The molecule has 13 heteroatoms. The first kappa shape index (κ1) is 34.6. The largest absolute Gasteiger partial charge is 0.505 e. The molecule has 0 saturated carbocycles. The molecule has 266 valence electrons. The van der Waals surface area contributed by atoms with Gasteiger partial charge in [-0.2, -0.15) is 0 Å². The second kappa shape index (κ2) is 14.0. The number of amides is 2. The average Bonchev–Trinajstić information content (AvgIpc) is 3.16. The lowest BCUT2D eigenvalue weighted by atomic mass is 9.93. The summed E-state index contributed by atoms with van der Waals surface area (Å²) >= 11 is 0. The Balaban J connectivity index is 0.000000164. The van der Waals surface area contributed by atoms with E-state index in [0.717, 1.165) is 10.5 Å². The van der Waals surface area contributed by atoms with E-state index in [0.29, 0.717) is 44.3 Å². The Hall–Kier alpha value is -6.89. The summed E-state index contributed by atoms with van der Waals surface area (Å²) in [6, 6.07) is 20.1. The van der Waals surface area contributed by atoms with Gasteiger partial charge < -0.3 is 24.3 Å². The molecule has 0 bridgehead atoms. The Morgan fingerprint density at radius 2 is 1.25 bits per heavy atom. The molecule has 2 N–H and O–H groups in total. The Labute approximate surface area is 299 Å². The van der Waals surface area contributed by atoms with Crippen molar-refractivity contribution in [2.75, 3.05) is 14.2 Å². The Morgan fingerprint density at radius 1 is 0.698 bits per heavy atom. The minimum absolute atomic E-state index is 0.0137. The van der Waals surface area contributed by atoms with Crippen LogP contribution < -0.4 is 15.0 Å². The fourth-order valence-electron chi connectivity index (χ4n) is 6.54. The van der Waals surface area contributed by atoms with E-state index in [1.165, 1.54) is 61.4 Å². The minimum atomic E-state index is -0.631. The van der Waals surface area contributed by atoms with Gasteiger partial charge in [-0.1, -0.05) is 24.3 Å². The third-order valence-electron chi connectivity index (χ3n) is 9.03. The van der Waals surface area contributed by atoms with E-state index in [9.17, 15) is 33.4 Å². The number of carbonyl (C=O) groups excluding carboxylic acids is 2. The number of pyridine rings is 3. The van der Waals surface area contributed by atoms with Crippen LogP contribution >= 0.6 is 0 Å². The lowest BCUT2D eigenvalue weighted by Gasteiger charge is -2.29. The standard InChI is InChI=1S/C20H15FN2O4.C20H15FN2O3/c1-27-19-13-3-2-8-22-17(13)18(25)16-14(19)9-15(24)23(20(16)26)10-11-4-6-12(21)7-5-11;1-26-19-14-8-10-23(11-12-4-6-13(21)7-5-12)20(25)16(14)18(24)17-15(19)3-2-9-22-17/h2-8,25H,9-10H2,1H3;2-10,24H,11H2,1H3. The lowest BCUT2D eigenvalue weighted by Crippen LogP contribution is -2.42. The molecule has 4 heterocycles. The highest BCUT2D eigenvalue weighted by Gasteiger charge is 2.37. The number of hydrogen-bond donors (Lipinski definition) is 2. The summed E-state index contributed by atoms with van der Waals surface area (Å²) in [7, 11) is 2.96. The van der Waals surface area contributed by atoms with Gasteiger partial charge in [-0.15, -0.1) is 0 Å². The monoisotopic (exact) mass is 716 g/mol. The SMILES string of the molecule is COc1c2c(c(O)c3ncccc13)C(=O)N(Cc1ccc(F)cc1)C(=O)C2.COc1c2cccnc2c(O)c2c(=O)n(Cc3ccc(F)cc3)ccc12. The quantitative estimate of drug-likeness (QED) is 0.150. The van der Waals surface area contributed by atoms with Crippen LogP contribution in [0.15, 0.2) is 102 Å². The van der Waals surface area contributed by atoms with Gasteiger partial charge in [0.1, 0.15) is 34.2 Å². The predicted molar refractivity (Wildman–Crippen MR) is 192 cm³/mol. The van der Waals surface area contributed by atoms with Gasteiger partial charge in [-0.25, -0.2) is 8.78 Å². The number of carbonyl (C=O) groups is 2. The van der Waals surface area contributed by atoms with Gasteiger partial charge in [0, 0.05) is 40.3 Å². The number of aromatic nitrogens is 3. The van der Waals surface area contributed by atoms with Crippen LogP contribution in [0.1, 0.15) is 27.0 Å². The van der Waals surface area contributed by atoms with Gasteiger partial charge in [0.15, 0.2) is 11.5 Å². The smallest absolute Gasteiger partial charge is 0.265 e. The van der Waals surface area contributed by atoms with E-state index in [-0.39, 0.29) is 58.9 Å². The number of nitrogens with zero attached hydrogens (tertiary/aromatic N) is 4. The number of benzene rings is 4. The number of phenolic OH excluding ortho intramolecular Hbond substituents is 2. The van der Waals surface area contributed by atoms with Crippen LogP contribution in [0.5, 0.6) is 23.0 Å². The summed E-state index contributed by atoms with van der Waals surface area (Å²) in [5.41, 5.74) is 1.92. The van der Waals surface area contributed by atoms with Crippen molar-refractivity contribution in [3.8, 4) is 23.0 Å². The van der Waals surface area contributed by atoms with Crippen LogP contribution in [0.3, 0.4) is 0 Å². The zero-order valence-electron chi connectivity index (χ0n) is 28.3. The van der Waals surface area contributed by atoms with Crippen molar-refractivity contribution in [1.82, 2.24) is 19.4 Å². The van der Waals surface area contributed by atoms with E-state index in [4.69, 9.17) is 9.47 Å². The molecule has 0 radical (unpaired) electrons. The third-order valence-corrected chi connectivity index (χ3v) is 9.03. The highest BCUT2D eigenvalue weighted by molar-refractivity contribution is 6.15. The van der Waals surface area contributed by atoms with Crippen LogP contribution in [0, 0.1) is 11.6 Å². The van der Waals surface area contributed by atoms with Gasteiger partial charge in [0.25, 0.3) is 11.5 Å². The molecule has 2 amide bonds. The zero-order chi connectivity index (χ0) is 37.4. The number of phenols is 2. The zero-order valence-corrected chi connectivity index (χ0v) is 28.3. The van der Waals surface area contributed by atoms with E-state index in [1.54, 1.807) is 54.9 Å². The van der Waals surface area contributed by atoms with Gasteiger partial charge in [0.05, 0.1) is 44.7 Å². The number of halogens is 2. The van der Waals surface area contributed by atoms with Crippen LogP contribution in [0.2, 0.25) is 0 Å². The molecule has 7 aromatic rings. The third kappa shape index (κ3) is 6.22. The topological polar surface area (TPSA) is 144 Å². The summed E-state index contributed by atoms with van der Waals surface area (Å²) < 4.78 is 38.5. The molecule has 1 aliphatic heterocycles. The number of ether oxygens (including phenoxy) is 2. The van der Waals surface area contributed by atoms with Crippen LogP contribution in [0.25, 0.3) is 32.6 Å². The van der Waals surface area contributed by atoms with Gasteiger partial charge in [0.2, 0.25) is 5.91 Å². The summed E-state index contributed by atoms with van der Waals surface area (Å²) in [6.45, 7) is 0.246. The number of imide groups is 1. The molecule has 4 aromatic carbocycles. The molecule has 53 heavy (non-hydrogen) atoms. The number of hydrogen-bond acceptors (Lipinski definition) is 9. The van der Waals surface area contributed by atoms with Crippen molar-refractivity contribution in [2.45, 2.75) is 19.5 Å². The van der Waals surface area contributed by atoms with Crippen LogP contribution in [-0.4, -0.2) is 55.7 Å². The Kier molecular flexibility index (Phi) is 9.14. The molecule has 1 aliphatic rings. The number of aromatic hydroxyl groups is 2. The lowest BCUT2D eigenvalue weighted by molar-refractivity contribution is -0.128. The first-order chi connectivity index (χ1) is 25.6. The Bertz CT molecular complexity index is 2630. The summed E-state index contributed by atoms with van der Waals surface area (Å²) in [5.74, 6) is -1.38. The first-order valence-corrected chi connectivity index (χ1v) is 16.3. The molecule has 0 fully saturated rings. The van der Waals surface area contributed by atoms with E-state index < -0.39 is 17.6 Å². The highest BCUT2D eigenvalue weighted by atomic mass is 19.1. The highest BCUT2D eigenvalue weighted by Crippen LogP contribution is 2.42. The van der Waals surface area contributed by atoms with Crippen LogP contribution in [0.4, 0.5) is 8.78 Å². The maximum atomic E-state index is 13.1. The van der Waals surface area contributed by atoms with Crippen molar-refractivity contribution in [3.63, 3.8) is 0 Å². The van der Waals surface area contributed by atoms with Crippen molar-refractivity contribution in [2.24, 2.45) is 0 Å². The average molecular weight is 717 g/mol. The molecule has 0 aliphatic carbocycles. The molecular weight excluding hydrogens is 686 g/mol. The van der Waals surface area contributed by atoms with E-state index >= 15 is 0 Å². The van der Waals surface area contributed by atoms with Crippen molar-refractivity contribution >= 4 is 44.4 Å². The number of rotatable bonds is 6. The molecule has 0 spiro atoms. The van der Waals surface area contributed by atoms with Crippen LogP contribution in [-0.2, 0) is 24.3 Å². The van der Waals surface area contributed by atoms with E-state index in [1.807, 2.05) is 0 Å². The fraction of sp³-hybridized carbons (Fsp3) is 0.125. The maximum Gasteiger partial charge on any atom is 0.265 e. The molecule has 0 saturated heterocycles. The van der Waals surface area contributed by atoms with Gasteiger partial charge in [-0.05, 0) is 65.7 Å². The summed E-state index contributed by atoms with van der Waals surface area (Å²) in [5, 5.41) is 23.2. The van der Waals surface area contributed by atoms with Crippen molar-refractivity contribution in [3.05, 3.63) is 142 Å². The van der Waals surface area contributed by atoms with Crippen molar-refractivity contribution in [1.29, 1.82) is 0 Å². The van der Waals surface area contributed by atoms with Gasteiger partial charge in [-0.3, -0.25) is 29.3 Å². The summed E-state index contributed by atoms with van der Waals surface area (Å²) in [6.07, 6.45) is 4.60. The fourth-order valence-corrected chi connectivity index (χ4v) is 6.54. The first-order valence-electron chi connectivity index (χ1n) is 16.3. The minimum Gasteiger partial charge on any atom is -0.505 e.